The summed E-state index contributed by atoms with van der Waals surface area (Å²) in [6.45, 7) is 11.0. The summed E-state index contributed by atoms with van der Waals surface area (Å²) in [5.41, 5.74) is 6.04. The molecule has 12 nitrogen and oxygen atoms in total. The summed E-state index contributed by atoms with van der Waals surface area (Å²) in [6, 6.07) is 10.4. The lowest BCUT2D eigenvalue weighted by Gasteiger charge is -2.30. The van der Waals surface area contributed by atoms with E-state index >= 15 is 0 Å². The number of hydrogen-bond acceptors (Lipinski definition) is 10. The van der Waals surface area contributed by atoms with Crippen molar-refractivity contribution in [3.05, 3.63) is 65.7 Å². The van der Waals surface area contributed by atoms with Crippen LogP contribution >= 0.6 is 0 Å². The van der Waals surface area contributed by atoms with Crippen LogP contribution in [0.15, 0.2) is 54.2 Å². The number of phenols is 1. The lowest BCUT2D eigenvalue weighted by molar-refractivity contribution is 0.121. The van der Waals surface area contributed by atoms with E-state index in [0.717, 1.165) is 16.7 Å². The second kappa shape index (κ2) is 13.2. The minimum atomic E-state index is -0.517. The molecule has 2 aliphatic rings. The maximum atomic E-state index is 12.4. The van der Waals surface area contributed by atoms with Crippen LogP contribution in [0.3, 0.4) is 0 Å². The number of morpholine rings is 2. The smallest absolute Gasteiger partial charge is 0.339 e. The molecule has 2 fully saturated rings. The summed E-state index contributed by atoms with van der Waals surface area (Å²) in [4.78, 5) is 30.9. The number of carbonyl (C=O) groups is 1. The number of nitrogens with one attached hydrogen (secondary N) is 2. The number of nitrogens with zero attached hydrogens (tertiary/aromatic N) is 6. The van der Waals surface area contributed by atoms with Gasteiger partial charge in [0.1, 0.15) is 5.75 Å². The topological polar surface area (TPSA) is 137 Å². The number of allylic oxidation sites excluding steroid dienone is 1. The van der Waals surface area contributed by atoms with Gasteiger partial charge in [-0.1, -0.05) is 12.1 Å². The number of hydrogen-bond donors (Lipinski definition) is 3. The minimum absolute atomic E-state index is 0.115. The van der Waals surface area contributed by atoms with E-state index in [1.54, 1.807) is 24.3 Å². The number of benzene rings is 2. The molecule has 0 aliphatic carbocycles. The lowest BCUT2D eigenvalue weighted by Crippen LogP contribution is -2.40. The van der Waals surface area contributed by atoms with E-state index in [-0.39, 0.29) is 5.75 Å². The van der Waals surface area contributed by atoms with Crippen molar-refractivity contribution < 1.29 is 19.4 Å². The van der Waals surface area contributed by atoms with Crippen molar-refractivity contribution in [2.45, 2.75) is 13.3 Å². The monoisotopic (exact) mass is 558 g/mol. The number of rotatable bonds is 8. The van der Waals surface area contributed by atoms with E-state index in [2.05, 4.69) is 32.2 Å². The zero-order valence-corrected chi connectivity index (χ0v) is 23.0. The number of anilines is 3. The minimum Gasteiger partial charge on any atom is -0.507 e. The Labute approximate surface area is 238 Å². The molecule has 1 aromatic heterocycles. The molecule has 41 heavy (non-hydrogen) atoms. The van der Waals surface area contributed by atoms with Crippen LogP contribution in [0.2, 0.25) is 0 Å². The Balaban J connectivity index is 1.27. The lowest BCUT2D eigenvalue weighted by atomic mass is 10.0. The molecule has 0 bridgehead atoms. The summed E-state index contributed by atoms with van der Waals surface area (Å²) in [5, 5.41) is 17.2. The fraction of sp³-hybridized carbons (Fsp3) is 0.345. The molecule has 2 aromatic carbocycles. The predicted molar refractivity (Wildman–Crippen MR) is 158 cm³/mol. The Morgan fingerprint density at radius 1 is 1.00 bits per heavy atom. The van der Waals surface area contributed by atoms with Gasteiger partial charge in [-0.3, -0.25) is 0 Å². The third kappa shape index (κ3) is 7.16. The van der Waals surface area contributed by atoms with Crippen molar-refractivity contribution >= 4 is 29.8 Å². The number of urea groups is 1. The van der Waals surface area contributed by atoms with Gasteiger partial charge in [0, 0.05) is 43.0 Å². The average molecular weight is 559 g/mol. The Kier molecular flexibility index (Phi) is 9.02. The number of ether oxygens (including phenoxy) is 2. The molecule has 0 spiro atoms. The third-order valence-electron chi connectivity index (χ3n) is 6.70. The van der Waals surface area contributed by atoms with Crippen LogP contribution < -0.4 is 20.5 Å². The normalized spacial score (nSPS) is 15.6. The quantitative estimate of drug-likeness (QED) is 0.216. The molecular formula is C29H34N8O4. The molecule has 3 aromatic rings. The van der Waals surface area contributed by atoms with Crippen LogP contribution in [-0.2, 0) is 15.9 Å². The zero-order chi connectivity index (χ0) is 28.6. The fourth-order valence-corrected chi connectivity index (χ4v) is 4.61. The van der Waals surface area contributed by atoms with Crippen LogP contribution in [-0.4, -0.2) is 84.9 Å². The van der Waals surface area contributed by atoms with Gasteiger partial charge in [0.2, 0.25) is 11.9 Å². The van der Waals surface area contributed by atoms with Gasteiger partial charge in [-0.2, -0.15) is 20.1 Å². The van der Waals surface area contributed by atoms with Gasteiger partial charge in [0.25, 0.3) is 0 Å². The zero-order valence-electron chi connectivity index (χ0n) is 23.0. The van der Waals surface area contributed by atoms with Gasteiger partial charge in [0.15, 0.2) is 5.82 Å². The summed E-state index contributed by atoms with van der Waals surface area (Å²) < 4.78 is 11.0. The fourth-order valence-electron chi connectivity index (χ4n) is 4.61. The number of phenolic OH excluding ortho intramolecular Hbond substituents is 1. The molecule has 0 saturated carbocycles. The summed E-state index contributed by atoms with van der Waals surface area (Å²) in [7, 11) is 0. The number of aromatic nitrogens is 3. The molecule has 0 radical (unpaired) electrons. The molecule has 0 atom stereocenters. The first-order valence-corrected chi connectivity index (χ1v) is 13.6. The molecule has 2 amide bonds. The van der Waals surface area contributed by atoms with E-state index in [1.807, 2.05) is 25.1 Å². The average Bonchev–Trinajstić information content (AvgIpc) is 3.00. The molecule has 5 rings (SSSR count). The molecule has 3 N–H and O–H groups in total. The van der Waals surface area contributed by atoms with E-state index in [4.69, 9.17) is 24.4 Å². The Morgan fingerprint density at radius 2 is 1.61 bits per heavy atom. The highest BCUT2D eigenvalue weighted by atomic mass is 16.5. The molecular weight excluding hydrogens is 524 g/mol. The van der Waals surface area contributed by atoms with Crippen molar-refractivity contribution in [3.8, 4) is 17.1 Å². The first-order chi connectivity index (χ1) is 20.0. The van der Waals surface area contributed by atoms with Gasteiger partial charge in [-0.05, 0) is 54.8 Å². The van der Waals surface area contributed by atoms with Crippen molar-refractivity contribution in [2.75, 3.05) is 67.7 Å². The van der Waals surface area contributed by atoms with E-state index in [9.17, 15) is 9.90 Å². The van der Waals surface area contributed by atoms with Crippen molar-refractivity contribution in [1.82, 2.24) is 20.4 Å². The van der Waals surface area contributed by atoms with Gasteiger partial charge < -0.3 is 29.7 Å². The Hall–Kier alpha value is -4.55. The van der Waals surface area contributed by atoms with Gasteiger partial charge >= 0.3 is 6.03 Å². The SMILES string of the molecule is C=CCc1cc(C)cc(/C=N/NC(=O)Nc2ccc(-c3nc(N4CCOCC4)nc(N4CCOCC4)n3)cc2)c1O. The standard InChI is InChI=1S/C29H34N8O4/c1-3-4-22-17-20(2)18-23(25(22)38)19-30-35-29(39)31-24-7-5-21(6-8-24)26-32-27(36-9-13-40-14-10-36)34-28(33-26)37-11-15-41-16-12-37/h3,5-8,17-19,38H,1,4,9-16H2,2H3,(H2,31,35,39)/b30-19+. The van der Waals surface area contributed by atoms with E-state index < -0.39 is 6.03 Å². The molecule has 2 saturated heterocycles. The van der Waals surface area contributed by atoms with Crippen LogP contribution in [0.25, 0.3) is 11.4 Å². The Bertz CT molecular complexity index is 1360. The largest absolute Gasteiger partial charge is 0.507 e. The van der Waals surface area contributed by atoms with Crippen molar-refractivity contribution in [3.63, 3.8) is 0 Å². The molecule has 214 valence electrons. The maximum Gasteiger partial charge on any atom is 0.339 e. The first-order valence-electron chi connectivity index (χ1n) is 13.6. The molecule has 0 unspecified atom stereocenters. The highest BCUT2D eigenvalue weighted by Gasteiger charge is 2.21. The number of hydrazone groups is 1. The number of carbonyl (C=O) groups excluding carboxylic acids is 1. The van der Waals surface area contributed by atoms with Crippen molar-refractivity contribution in [2.24, 2.45) is 5.10 Å². The second-order valence-electron chi connectivity index (χ2n) is 9.71. The summed E-state index contributed by atoms with van der Waals surface area (Å²) >= 11 is 0. The summed E-state index contributed by atoms with van der Waals surface area (Å²) in [5.74, 6) is 1.91. The van der Waals surface area contributed by atoms with Crippen LogP contribution in [0.5, 0.6) is 5.75 Å². The van der Waals surface area contributed by atoms with Crippen LogP contribution in [0, 0.1) is 6.92 Å². The third-order valence-corrected chi connectivity index (χ3v) is 6.70. The molecule has 2 aliphatic heterocycles. The molecule has 12 heteroatoms. The van der Waals surface area contributed by atoms with Crippen molar-refractivity contribution in [1.29, 1.82) is 0 Å². The van der Waals surface area contributed by atoms with Crippen LogP contribution in [0.1, 0.15) is 16.7 Å². The number of amides is 2. The molecule has 3 heterocycles. The first kappa shape index (κ1) is 28.0. The predicted octanol–water partition coefficient (Wildman–Crippen LogP) is 3.11. The second-order valence-corrected chi connectivity index (χ2v) is 9.71. The van der Waals surface area contributed by atoms with Gasteiger partial charge in [-0.25, -0.2) is 10.2 Å². The number of aryl methyl sites for hydroxylation is 1. The number of aromatic hydroxyl groups is 1. The van der Waals surface area contributed by atoms with E-state index in [1.165, 1.54) is 6.21 Å². The van der Waals surface area contributed by atoms with E-state index in [0.29, 0.717) is 88.0 Å². The Morgan fingerprint density at radius 3 is 2.20 bits per heavy atom. The van der Waals surface area contributed by atoms with Gasteiger partial charge in [0.05, 0.1) is 32.6 Å². The maximum absolute atomic E-state index is 12.4. The van der Waals surface area contributed by atoms with Gasteiger partial charge in [-0.15, -0.1) is 6.58 Å². The van der Waals surface area contributed by atoms with Crippen LogP contribution in [0.4, 0.5) is 22.4 Å². The highest BCUT2D eigenvalue weighted by molar-refractivity contribution is 5.91. The summed E-state index contributed by atoms with van der Waals surface area (Å²) in [6.07, 6.45) is 3.67. The highest BCUT2D eigenvalue weighted by Crippen LogP contribution is 2.25.